The van der Waals surface area contributed by atoms with E-state index >= 15 is 0 Å². The molecule has 100 valence electrons. The van der Waals surface area contributed by atoms with Crippen molar-refractivity contribution in [2.45, 2.75) is 34.6 Å². The summed E-state index contributed by atoms with van der Waals surface area (Å²) in [5.41, 5.74) is 0.790. The molecule has 0 unspecified atom stereocenters. The topological polar surface area (TPSA) is 47.0 Å². The van der Waals surface area contributed by atoms with Gasteiger partial charge in [0.25, 0.3) is 0 Å². The van der Waals surface area contributed by atoms with E-state index in [9.17, 15) is 0 Å². The van der Waals surface area contributed by atoms with E-state index in [4.69, 9.17) is 4.74 Å². The molecular weight excluding hydrogens is 226 g/mol. The van der Waals surface area contributed by atoms with Crippen LogP contribution in [-0.2, 0) is 0 Å². The van der Waals surface area contributed by atoms with Crippen molar-refractivity contribution in [2.24, 2.45) is 16.7 Å². The lowest BCUT2D eigenvalue weighted by Gasteiger charge is -2.08. The fourth-order valence-electron chi connectivity index (χ4n) is 2.79. The molecule has 1 heterocycles. The lowest BCUT2D eigenvalue weighted by Crippen LogP contribution is -2.10. The average molecular weight is 249 g/mol. The molecule has 1 fully saturated rings. The van der Waals surface area contributed by atoms with E-state index in [1.807, 2.05) is 13.0 Å². The summed E-state index contributed by atoms with van der Waals surface area (Å²) in [7, 11) is 1.62. The van der Waals surface area contributed by atoms with Crippen LogP contribution >= 0.6 is 0 Å². The van der Waals surface area contributed by atoms with Gasteiger partial charge in [0.15, 0.2) is 0 Å². The van der Waals surface area contributed by atoms with E-state index in [1.54, 1.807) is 7.11 Å². The third-order valence-corrected chi connectivity index (χ3v) is 4.83. The first-order valence-electron chi connectivity index (χ1n) is 6.42. The molecule has 1 N–H and O–H groups in total. The molecule has 0 bridgehead atoms. The Labute approximate surface area is 109 Å². The van der Waals surface area contributed by atoms with Crippen LogP contribution in [0.1, 0.15) is 33.5 Å². The lowest BCUT2D eigenvalue weighted by molar-refractivity contribution is 0.396. The quantitative estimate of drug-likeness (QED) is 0.891. The van der Waals surface area contributed by atoms with Crippen LogP contribution < -0.4 is 10.1 Å². The van der Waals surface area contributed by atoms with Gasteiger partial charge < -0.3 is 10.1 Å². The molecule has 4 nitrogen and oxygen atoms in total. The summed E-state index contributed by atoms with van der Waals surface area (Å²) in [6, 6.07) is 1.84. The fourth-order valence-corrected chi connectivity index (χ4v) is 2.79. The number of aryl methyl sites for hydroxylation is 1. The number of ether oxygens (including phenoxy) is 1. The summed E-state index contributed by atoms with van der Waals surface area (Å²) in [5.74, 6) is 2.86. The van der Waals surface area contributed by atoms with Crippen molar-refractivity contribution in [2.75, 3.05) is 19.0 Å². The third-order valence-electron chi connectivity index (χ3n) is 4.83. The van der Waals surface area contributed by atoms with E-state index in [2.05, 4.69) is 43.0 Å². The number of methoxy groups -OCH3 is 1. The number of nitrogens with zero attached hydrogens (tertiary/aromatic N) is 2. The Kier molecular flexibility index (Phi) is 2.99. The zero-order valence-corrected chi connectivity index (χ0v) is 12.2. The summed E-state index contributed by atoms with van der Waals surface area (Å²) in [6.07, 6.45) is 0. The molecule has 0 amide bonds. The number of hydrogen-bond acceptors (Lipinski definition) is 4. The van der Waals surface area contributed by atoms with Gasteiger partial charge in [-0.25, -0.2) is 4.98 Å². The van der Waals surface area contributed by atoms with Crippen molar-refractivity contribution in [3.8, 4) is 5.88 Å². The molecule has 0 spiro atoms. The molecule has 1 aromatic heterocycles. The Morgan fingerprint density at radius 2 is 1.83 bits per heavy atom. The second kappa shape index (κ2) is 4.11. The van der Waals surface area contributed by atoms with Gasteiger partial charge in [0.2, 0.25) is 5.88 Å². The van der Waals surface area contributed by atoms with Crippen LogP contribution in [0.5, 0.6) is 5.88 Å². The minimum atomic E-state index is 0.395. The molecule has 18 heavy (non-hydrogen) atoms. The van der Waals surface area contributed by atoms with Crippen LogP contribution in [0.15, 0.2) is 6.07 Å². The Morgan fingerprint density at radius 1 is 1.22 bits per heavy atom. The second-order valence-corrected chi connectivity index (χ2v) is 6.22. The van der Waals surface area contributed by atoms with E-state index in [0.717, 1.165) is 18.2 Å². The molecule has 0 saturated heterocycles. The van der Waals surface area contributed by atoms with E-state index in [-0.39, 0.29) is 0 Å². The van der Waals surface area contributed by atoms with Crippen molar-refractivity contribution in [1.82, 2.24) is 9.97 Å². The van der Waals surface area contributed by atoms with Gasteiger partial charge in [-0.1, -0.05) is 27.7 Å². The summed E-state index contributed by atoms with van der Waals surface area (Å²) < 4.78 is 5.15. The molecule has 0 aliphatic heterocycles. The molecule has 0 aromatic carbocycles. The van der Waals surface area contributed by atoms with Crippen LogP contribution in [0.4, 0.5) is 5.82 Å². The summed E-state index contributed by atoms with van der Waals surface area (Å²) in [6.45, 7) is 12.1. The van der Waals surface area contributed by atoms with Crippen LogP contribution in [0.2, 0.25) is 0 Å². The molecule has 4 heteroatoms. The van der Waals surface area contributed by atoms with Gasteiger partial charge in [-0.05, 0) is 23.7 Å². The Hall–Kier alpha value is -1.32. The standard InChI is InChI=1S/C14H23N3O/c1-9-16-11(7-12(17-9)18-6)15-8-10-13(2,3)14(10,4)5/h7,10H,8H2,1-6H3,(H,15,16,17). The Bertz CT molecular complexity index is 440. The van der Waals surface area contributed by atoms with Crippen molar-refractivity contribution >= 4 is 5.82 Å². The number of aromatic nitrogens is 2. The zero-order chi connectivity index (χ0) is 13.6. The number of hydrogen-bond donors (Lipinski definition) is 1. The van der Waals surface area contributed by atoms with Crippen molar-refractivity contribution in [3.05, 3.63) is 11.9 Å². The number of rotatable bonds is 4. The largest absolute Gasteiger partial charge is 0.481 e. The molecule has 1 aromatic rings. The first-order chi connectivity index (χ1) is 8.29. The van der Waals surface area contributed by atoms with Crippen molar-refractivity contribution in [3.63, 3.8) is 0 Å². The molecular formula is C14H23N3O. The van der Waals surface area contributed by atoms with Crippen LogP contribution in [0, 0.1) is 23.7 Å². The van der Waals surface area contributed by atoms with Crippen LogP contribution in [0.25, 0.3) is 0 Å². The van der Waals surface area contributed by atoms with Gasteiger partial charge in [0.05, 0.1) is 7.11 Å². The minimum Gasteiger partial charge on any atom is -0.481 e. The van der Waals surface area contributed by atoms with E-state index in [0.29, 0.717) is 22.6 Å². The maximum Gasteiger partial charge on any atom is 0.218 e. The second-order valence-electron chi connectivity index (χ2n) is 6.22. The van der Waals surface area contributed by atoms with Gasteiger partial charge in [0.1, 0.15) is 11.6 Å². The molecule has 1 saturated carbocycles. The predicted octanol–water partition coefficient (Wildman–Crippen LogP) is 2.89. The van der Waals surface area contributed by atoms with Crippen molar-refractivity contribution < 1.29 is 4.74 Å². The first-order valence-corrected chi connectivity index (χ1v) is 6.42. The maximum absolute atomic E-state index is 5.15. The van der Waals surface area contributed by atoms with Gasteiger partial charge >= 0.3 is 0 Å². The van der Waals surface area contributed by atoms with E-state index < -0.39 is 0 Å². The molecule has 2 rings (SSSR count). The fraction of sp³-hybridized carbons (Fsp3) is 0.714. The average Bonchev–Trinajstić information content (AvgIpc) is 2.66. The lowest BCUT2D eigenvalue weighted by atomic mass is 10.0. The highest BCUT2D eigenvalue weighted by Gasteiger charge is 2.64. The summed E-state index contributed by atoms with van der Waals surface area (Å²) >= 11 is 0. The van der Waals surface area contributed by atoms with Crippen molar-refractivity contribution in [1.29, 1.82) is 0 Å². The third kappa shape index (κ3) is 2.04. The SMILES string of the molecule is COc1cc(NCC2C(C)(C)C2(C)C)nc(C)n1. The Morgan fingerprint density at radius 3 is 2.33 bits per heavy atom. The Balaban J connectivity index is 2.02. The highest BCUT2D eigenvalue weighted by atomic mass is 16.5. The summed E-state index contributed by atoms with van der Waals surface area (Å²) in [5, 5.41) is 3.40. The number of nitrogens with one attached hydrogen (secondary N) is 1. The minimum absolute atomic E-state index is 0.395. The van der Waals surface area contributed by atoms with Gasteiger partial charge in [-0.15, -0.1) is 0 Å². The highest BCUT2D eigenvalue weighted by molar-refractivity contribution is 5.39. The first kappa shape index (κ1) is 13.1. The normalized spacial score (nSPS) is 20.6. The predicted molar refractivity (Wildman–Crippen MR) is 72.9 cm³/mol. The van der Waals surface area contributed by atoms with Crippen LogP contribution in [-0.4, -0.2) is 23.6 Å². The maximum atomic E-state index is 5.15. The molecule has 1 aliphatic rings. The van der Waals surface area contributed by atoms with E-state index in [1.165, 1.54) is 0 Å². The monoisotopic (exact) mass is 249 g/mol. The van der Waals surface area contributed by atoms with Gasteiger partial charge in [-0.2, -0.15) is 4.98 Å². The van der Waals surface area contributed by atoms with Gasteiger partial charge in [-0.3, -0.25) is 0 Å². The smallest absolute Gasteiger partial charge is 0.218 e. The number of anilines is 1. The summed E-state index contributed by atoms with van der Waals surface area (Å²) in [4.78, 5) is 8.55. The molecule has 0 radical (unpaired) electrons. The molecule has 1 aliphatic carbocycles. The van der Waals surface area contributed by atoms with Crippen LogP contribution in [0.3, 0.4) is 0 Å². The molecule has 0 atom stereocenters. The van der Waals surface area contributed by atoms with Gasteiger partial charge in [0, 0.05) is 12.6 Å². The zero-order valence-electron chi connectivity index (χ0n) is 12.2. The highest BCUT2D eigenvalue weighted by Crippen LogP contribution is 2.68.